The van der Waals surface area contributed by atoms with E-state index in [1.165, 1.54) is 0 Å². The number of fused-ring (bicyclic) bond motifs is 1. The molecule has 0 bridgehead atoms. The molecule has 0 saturated heterocycles. The van der Waals surface area contributed by atoms with Gasteiger partial charge in [0.1, 0.15) is 5.82 Å². The molecule has 0 aliphatic heterocycles. The maximum atomic E-state index is 12.9. The highest BCUT2D eigenvalue weighted by Gasteiger charge is 2.19. The van der Waals surface area contributed by atoms with Gasteiger partial charge in [0.05, 0.1) is 6.04 Å². The summed E-state index contributed by atoms with van der Waals surface area (Å²) in [5, 5.41) is 18.2. The minimum atomic E-state index is -2.77. The summed E-state index contributed by atoms with van der Waals surface area (Å²) < 4.78 is 32.2. The summed E-state index contributed by atoms with van der Waals surface area (Å²) in [5.41, 5.74) is 1.05. The number of hydrogen-bond donors (Lipinski definition) is 1. The van der Waals surface area contributed by atoms with Crippen LogP contribution in [-0.2, 0) is 0 Å². The molecule has 1 unspecified atom stereocenters. The zero-order valence-electron chi connectivity index (χ0n) is 13.5. The van der Waals surface area contributed by atoms with E-state index < -0.39 is 12.2 Å². The molecule has 1 aromatic carbocycles. The molecule has 0 spiro atoms. The Morgan fingerprint density at radius 1 is 1.08 bits per heavy atom. The molecule has 0 aliphatic rings. The van der Waals surface area contributed by atoms with Gasteiger partial charge in [-0.3, -0.25) is 0 Å². The molecule has 3 heterocycles. The van der Waals surface area contributed by atoms with Gasteiger partial charge in [-0.2, -0.15) is 9.50 Å². The lowest BCUT2D eigenvalue weighted by Gasteiger charge is -2.10. The Kier molecular flexibility index (Phi) is 3.99. The van der Waals surface area contributed by atoms with E-state index in [-0.39, 0.29) is 11.7 Å². The van der Waals surface area contributed by atoms with Crippen molar-refractivity contribution in [1.82, 2.24) is 30.0 Å². The Bertz CT molecular complexity index is 1030. The number of rotatable bonds is 5. The molecule has 0 saturated carbocycles. The average molecular weight is 357 g/mol. The highest BCUT2D eigenvalue weighted by Crippen LogP contribution is 2.22. The van der Waals surface area contributed by atoms with E-state index in [4.69, 9.17) is 4.52 Å². The second-order valence-electron chi connectivity index (χ2n) is 5.54. The van der Waals surface area contributed by atoms with Gasteiger partial charge in [0, 0.05) is 5.56 Å². The van der Waals surface area contributed by atoms with E-state index in [2.05, 4.69) is 30.8 Å². The first kappa shape index (κ1) is 16.1. The molecule has 0 amide bonds. The van der Waals surface area contributed by atoms with Gasteiger partial charge >= 0.3 is 0 Å². The predicted molar refractivity (Wildman–Crippen MR) is 87.5 cm³/mol. The van der Waals surface area contributed by atoms with Crippen LogP contribution in [0.4, 0.5) is 14.6 Å². The van der Waals surface area contributed by atoms with Crippen LogP contribution in [0.3, 0.4) is 0 Å². The quantitative estimate of drug-likeness (QED) is 0.586. The number of nitrogens with zero attached hydrogens (tertiary/aromatic N) is 6. The van der Waals surface area contributed by atoms with Gasteiger partial charge in [-0.1, -0.05) is 23.4 Å². The Labute approximate surface area is 145 Å². The van der Waals surface area contributed by atoms with Gasteiger partial charge in [0.2, 0.25) is 5.82 Å². The van der Waals surface area contributed by atoms with Crippen molar-refractivity contribution in [2.45, 2.75) is 19.4 Å². The van der Waals surface area contributed by atoms with Gasteiger partial charge in [-0.25, -0.2) is 8.78 Å². The number of aromatic nitrogens is 6. The molecule has 1 N–H and O–H groups in total. The van der Waals surface area contributed by atoms with Crippen molar-refractivity contribution >= 4 is 11.5 Å². The average Bonchev–Trinajstić information content (AvgIpc) is 3.29. The van der Waals surface area contributed by atoms with Crippen molar-refractivity contribution in [2.75, 3.05) is 5.32 Å². The molecule has 132 valence electrons. The largest absolute Gasteiger partial charge is 0.359 e. The van der Waals surface area contributed by atoms with Gasteiger partial charge in [-0.15, -0.1) is 15.3 Å². The smallest absolute Gasteiger partial charge is 0.299 e. The zero-order valence-corrected chi connectivity index (χ0v) is 13.5. The third kappa shape index (κ3) is 2.96. The summed E-state index contributed by atoms with van der Waals surface area (Å²) in [4.78, 5) is 4.36. The molecule has 3 aromatic heterocycles. The van der Waals surface area contributed by atoms with Gasteiger partial charge < -0.3 is 9.84 Å². The van der Waals surface area contributed by atoms with Crippen LogP contribution in [0.5, 0.6) is 0 Å². The maximum Gasteiger partial charge on any atom is 0.299 e. The van der Waals surface area contributed by atoms with Crippen LogP contribution in [0.15, 0.2) is 47.0 Å². The fourth-order valence-electron chi connectivity index (χ4n) is 2.41. The van der Waals surface area contributed by atoms with E-state index in [1.807, 2.05) is 37.3 Å². The summed E-state index contributed by atoms with van der Waals surface area (Å²) >= 11 is 0. The van der Waals surface area contributed by atoms with Crippen LogP contribution < -0.4 is 5.32 Å². The zero-order chi connectivity index (χ0) is 18.1. The van der Waals surface area contributed by atoms with E-state index in [0.29, 0.717) is 17.5 Å². The van der Waals surface area contributed by atoms with Crippen LogP contribution >= 0.6 is 0 Å². The van der Waals surface area contributed by atoms with Gasteiger partial charge in [0.15, 0.2) is 11.5 Å². The van der Waals surface area contributed by atoms with Crippen molar-refractivity contribution in [3.05, 3.63) is 54.1 Å². The molecule has 0 fully saturated rings. The molecular weight excluding hydrogens is 344 g/mol. The van der Waals surface area contributed by atoms with Gasteiger partial charge in [0.25, 0.3) is 12.3 Å². The van der Waals surface area contributed by atoms with Crippen molar-refractivity contribution in [2.24, 2.45) is 0 Å². The van der Waals surface area contributed by atoms with Crippen molar-refractivity contribution < 1.29 is 13.3 Å². The van der Waals surface area contributed by atoms with Crippen molar-refractivity contribution in [1.29, 1.82) is 0 Å². The summed E-state index contributed by atoms with van der Waals surface area (Å²) in [6.45, 7) is 1.81. The van der Waals surface area contributed by atoms with E-state index in [1.54, 1.807) is 12.1 Å². The standard InChI is InChI=1S/C16H13F2N7O/c1-9(14-20-16(26-24-14)10-5-3-2-4-6-10)19-11-7-8-12-21-22-15(13(17)18)25(12)23-11/h2-9,13H,1H3,(H,19,23). The lowest BCUT2D eigenvalue weighted by molar-refractivity contribution is 0.137. The molecule has 4 aromatic rings. The number of halogens is 2. The lowest BCUT2D eigenvalue weighted by atomic mass is 10.2. The molecule has 0 radical (unpaired) electrons. The van der Waals surface area contributed by atoms with Crippen LogP contribution in [0, 0.1) is 0 Å². The monoisotopic (exact) mass is 357 g/mol. The highest BCUT2D eigenvalue weighted by atomic mass is 19.3. The third-order valence-corrected chi connectivity index (χ3v) is 3.70. The minimum Gasteiger partial charge on any atom is -0.359 e. The van der Waals surface area contributed by atoms with Crippen LogP contribution in [-0.4, -0.2) is 30.0 Å². The molecule has 8 nitrogen and oxygen atoms in total. The highest BCUT2D eigenvalue weighted by molar-refractivity contribution is 5.52. The fourth-order valence-corrected chi connectivity index (χ4v) is 2.41. The second-order valence-corrected chi connectivity index (χ2v) is 5.54. The number of anilines is 1. The Morgan fingerprint density at radius 3 is 2.65 bits per heavy atom. The summed E-state index contributed by atoms with van der Waals surface area (Å²) in [6.07, 6.45) is -2.77. The third-order valence-electron chi connectivity index (χ3n) is 3.70. The Balaban J connectivity index is 1.56. The number of benzene rings is 1. The van der Waals surface area contributed by atoms with Crippen LogP contribution in [0.1, 0.15) is 31.0 Å². The molecule has 4 rings (SSSR count). The second kappa shape index (κ2) is 6.47. The predicted octanol–water partition coefficient (Wildman–Crippen LogP) is 3.29. The topological polar surface area (TPSA) is 94.0 Å². The normalized spacial score (nSPS) is 12.6. The summed E-state index contributed by atoms with van der Waals surface area (Å²) in [6, 6.07) is 12.2. The number of alkyl halides is 2. The van der Waals surface area contributed by atoms with E-state index >= 15 is 0 Å². The first-order chi connectivity index (χ1) is 12.6. The molecule has 1 atom stereocenters. The Morgan fingerprint density at radius 2 is 1.88 bits per heavy atom. The van der Waals surface area contributed by atoms with Crippen molar-refractivity contribution in [3.8, 4) is 11.5 Å². The first-order valence-corrected chi connectivity index (χ1v) is 7.78. The van der Waals surface area contributed by atoms with Gasteiger partial charge in [-0.05, 0) is 31.2 Å². The molecular formula is C16H13F2N7O. The fraction of sp³-hybridized carbons (Fsp3) is 0.188. The summed E-state index contributed by atoms with van der Waals surface area (Å²) in [5.74, 6) is 0.667. The van der Waals surface area contributed by atoms with E-state index in [9.17, 15) is 8.78 Å². The SMILES string of the molecule is CC(Nc1ccc2nnc(C(F)F)n2n1)c1noc(-c2ccccc2)n1. The number of nitrogens with one attached hydrogen (secondary N) is 1. The molecule has 26 heavy (non-hydrogen) atoms. The first-order valence-electron chi connectivity index (χ1n) is 7.78. The maximum absolute atomic E-state index is 12.9. The molecule has 10 heteroatoms. The number of hydrogen-bond acceptors (Lipinski definition) is 7. The molecule has 0 aliphatic carbocycles. The van der Waals surface area contributed by atoms with Crippen molar-refractivity contribution in [3.63, 3.8) is 0 Å². The Hall–Kier alpha value is -3.43. The van der Waals surface area contributed by atoms with Crippen LogP contribution in [0.2, 0.25) is 0 Å². The van der Waals surface area contributed by atoms with Crippen LogP contribution in [0.25, 0.3) is 17.1 Å². The summed E-state index contributed by atoms with van der Waals surface area (Å²) in [7, 11) is 0. The minimum absolute atomic E-state index is 0.240. The lowest BCUT2D eigenvalue weighted by Crippen LogP contribution is -2.11. The van der Waals surface area contributed by atoms with E-state index in [0.717, 1.165) is 10.1 Å².